The topological polar surface area (TPSA) is 142 Å². The number of rotatable bonds is 8. The van der Waals surface area contributed by atoms with Gasteiger partial charge in [-0.3, -0.25) is 14.4 Å². The monoisotopic (exact) mass is 538 g/mol. The highest BCUT2D eigenvalue weighted by Gasteiger charge is 2.56. The highest BCUT2D eigenvalue weighted by molar-refractivity contribution is 5.98. The summed E-state index contributed by atoms with van der Waals surface area (Å²) in [5.41, 5.74) is 1.89. The molecule has 2 aromatic carbocycles. The van der Waals surface area contributed by atoms with Gasteiger partial charge in [-0.2, -0.15) is 0 Å². The van der Waals surface area contributed by atoms with E-state index in [1.807, 2.05) is 0 Å². The standard InChI is InChI=1S/C25H28F2N4O5.ClH/c1-12(2)20(30-22(33)13(3)29-4)23(34)31-11-14-7-5-6-8-16(14)25(31,24(35)36)15-9-17(26)19(21(28)32)18(27)10-15;/h5-10,12-13,20,29H,11H2,1-4H3,(H2,28,32)(H,30,33)(H,35,36);1H/t13-,20-,25+;/m0./s1. The molecule has 200 valence electrons. The number of carbonyl (C=O) groups excluding carboxylic acids is 3. The first-order valence-electron chi connectivity index (χ1n) is 11.3. The van der Waals surface area contributed by atoms with E-state index in [2.05, 4.69) is 10.6 Å². The molecule has 12 heteroatoms. The minimum Gasteiger partial charge on any atom is -0.479 e. The zero-order valence-corrected chi connectivity index (χ0v) is 21.5. The van der Waals surface area contributed by atoms with Crippen LogP contribution in [-0.4, -0.2) is 52.8 Å². The number of benzene rings is 2. The lowest BCUT2D eigenvalue weighted by molar-refractivity contribution is -0.158. The molecule has 3 rings (SSSR count). The lowest BCUT2D eigenvalue weighted by atomic mass is 9.81. The summed E-state index contributed by atoms with van der Waals surface area (Å²) in [5, 5.41) is 16.0. The van der Waals surface area contributed by atoms with E-state index < -0.39 is 70.0 Å². The van der Waals surface area contributed by atoms with E-state index in [4.69, 9.17) is 5.73 Å². The van der Waals surface area contributed by atoms with Crippen molar-refractivity contribution in [2.75, 3.05) is 7.05 Å². The lowest BCUT2D eigenvalue weighted by Gasteiger charge is -2.39. The van der Waals surface area contributed by atoms with Crippen LogP contribution in [0.15, 0.2) is 36.4 Å². The van der Waals surface area contributed by atoms with Crippen molar-refractivity contribution in [3.8, 4) is 0 Å². The molecule has 2 aromatic rings. The summed E-state index contributed by atoms with van der Waals surface area (Å²) in [6.07, 6.45) is 0. The second-order valence-corrected chi connectivity index (χ2v) is 9.02. The van der Waals surface area contributed by atoms with Crippen molar-refractivity contribution in [2.45, 2.75) is 44.9 Å². The van der Waals surface area contributed by atoms with Gasteiger partial charge in [0.25, 0.3) is 5.91 Å². The van der Waals surface area contributed by atoms with Crippen LogP contribution < -0.4 is 16.4 Å². The molecule has 0 radical (unpaired) electrons. The largest absolute Gasteiger partial charge is 0.479 e. The van der Waals surface area contributed by atoms with Gasteiger partial charge in [0.05, 0.1) is 6.04 Å². The Balaban J connectivity index is 0.00000481. The van der Waals surface area contributed by atoms with Crippen LogP contribution in [0.1, 0.15) is 47.8 Å². The fourth-order valence-electron chi connectivity index (χ4n) is 4.46. The molecule has 1 aliphatic heterocycles. The number of amides is 3. The number of aliphatic carboxylic acids is 1. The summed E-state index contributed by atoms with van der Waals surface area (Å²) in [6.45, 7) is 4.76. The molecule has 0 saturated heterocycles. The number of hydrogen-bond donors (Lipinski definition) is 4. The van der Waals surface area contributed by atoms with Crippen molar-refractivity contribution >= 4 is 36.1 Å². The minimum atomic E-state index is -2.34. The van der Waals surface area contributed by atoms with Crippen LogP contribution in [0.3, 0.4) is 0 Å². The molecule has 0 aromatic heterocycles. The summed E-state index contributed by atoms with van der Waals surface area (Å²) < 4.78 is 29.7. The van der Waals surface area contributed by atoms with E-state index in [1.54, 1.807) is 46.0 Å². The number of nitrogens with one attached hydrogen (secondary N) is 2. The number of halogens is 3. The number of nitrogens with two attached hydrogens (primary N) is 1. The summed E-state index contributed by atoms with van der Waals surface area (Å²) in [5.74, 6) is -7.32. The molecular formula is C25H29ClF2N4O5. The zero-order chi connectivity index (χ0) is 26.9. The maximum Gasteiger partial charge on any atom is 0.339 e. The Morgan fingerprint density at radius 1 is 1.08 bits per heavy atom. The fraction of sp³-hybridized carbons (Fsp3) is 0.360. The Labute approximate surface area is 218 Å². The third-order valence-corrected chi connectivity index (χ3v) is 6.48. The number of carboxylic acids is 1. The van der Waals surface area contributed by atoms with Crippen molar-refractivity contribution in [2.24, 2.45) is 11.7 Å². The predicted octanol–water partition coefficient (Wildman–Crippen LogP) is 1.90. The first-order valence-corrected chi connectivity index (χ1v) is 11.3. The van der Waals surface area contributed by atoms with Crippen molar-refractivity contribution in [3.63, 3.8) is 0 Å². The Morgan fingerprint density at radius 2 is 1.65 bits per heavy atom. The van der Waals surface area contributed by atoms with Crippen molar-refractivity contribution in [1.29, 1.82) is 0 Å². The molecule has 0 fully saturated rings. The Morgan fingerprint density at radius 3 is 2.14 bits per heavy atom. The summed E-state index contributed by atoms with van der Waals surface area (Å²) in [4.78, 5) is 52.0. The third-order valence-electron chi connectivity index (χ3n) is 6.48. The Kier molecular flexibility index (Phi) is 9.00. The molecule has 0 spiro atoms. The van der Waals surface area contributed by atoms with Gasteiger partial charge in [0.1, 0.15) is 23.2 Å². The number of hydrogen-bond acceptors (Lipinski definition) is 5. The average Bonchev–Trinajstić information content (AvgIpc) is 3.16. The molecule has 1 aliphatic rings. The van der Waals surface area contributed by atoms with Crippen molar-refractivity contribution in [3.05, 3.63) is 70.3 Å². The second-order valence-electron chi connectivity index (χ2n) is 9.02. The molecule has 37 heavy (non-hydrogen) atoms. The quantitative estimate of drug-likeness (QED) is 0.404. The normalized spacial score (nSPS) is 18.0. The number of likely N-dealkylation sites (N-methyl/N-ethyl adjacent to an activating group) is 1. The first kappa shape index (κ1) is 29.7. The first-order chi connectivity index (χ1) is 16.9. The van der Waals surface area contributed by atoms with Gasteiger partial charge < -0.3 is 26.4 Å². The lowest BCUT2D eigenvalue weighted by Crippen LogP contribution is -2.59. The summed E-state index contributed by atoms with van der Waals surface area (Å²) in [7, 11) is 1.57. The Bertz CT molecular complexity index is 1220. The van der Waals surface area contributed by atoms with Gasteiger partial charge in [0.15, 0.2) is 5.54 Å². The van der Waals surface area contributed by atoms with E-state index in [1.165, 1.54) is 6.07 Å². The van der Waals surface area contributed by atoms with E-state index in [-0.39, 0.29) is 24.5 Å². The third kappa shape index (κ3) is 5.01. The van der Waals surface area contributed by atoms with Crippen LogP contribution in [-0.2, 0) is 26.5 Å². The van der Waals surface area contributed by atoms with E-state index in [0.717, 1.165) is 4.90 Å². The van der Waals surface area contributed by atoms with Gasteiger partial charge in [-0.05, 0) is 48.7 Å². The van der Waals surface area contributed by atoms with E-state index in [9.17, 15) is 33.1 Å². The molecule has 0 bridgehead atoms. The van der Waals surface area contributed by atoms with Crippen LogP contribution in [0.4, 0.5) is 8.78 Å². The minimum absolute atomic E-state index is 0. The Hall–Kier alpha value is -3.57. The summed E-state index contributed by atoms with van der Waals surface area (Å²) >= 11 is 0. The van der Waals surface area contributed by atoms with Crippen molar-refractivity contribution in [1.82, 2.24) is 15.5 Å². The van der Waals surface area contributed by atoms with Crippen LogP contribution in [0.5, 0.6) is 0 Å². The highest BCUT2D eigenvalue weighted by Crippen LogP contribution is 2.46. The predicted molar refractivity (Wildman–Crippen MR) is 133 cm³/mol. The molecule has 0 saturated carbocycles. The van der Waals surface area contributed by atoms with Crippen molar-refractivity contribution < 1.29 is 33.1 Å². The molecule has 9 nitrogen and oxygen atoms in total. The molecule has 0 unspecified atom stereocenters. The molecule has 3 amide bonds. The van der Waals surface area contributed by atoms with Gasteiger partial charge in [-0.15, -0.1) is 12.4 Å². The number of carbonyl (C=O) groups is 4. The maximum absolute atomic E-state index is 14.8. The number of carboxylic acid groups (broad SMARTS) is 1. The van der Waals surface area contributed by atoms with E-state index in [0.29, 0.717) is 17.7 Å². The number of fused-ring (bicyclic) bond motifs is 1. The van der Waals surface area contributed by atoms with Crippen LogP contribution in [0.25, 0.3) is 0 Å². The van der Waals surface area contributed by atoms with Gasteiger partial charge in [-0.25, -0.2) is 13.6 Å². The average molecular weight is 539 g/mol. The van der Waals surface area contributed by atoms with Crippen LogP contribution in [0, 0.1) is 17.6 Å². The fourth-order valence-corrected chi connectivity index (χ4v) is 4.46. The summed E-state index contributed by atoms with van der Waals surface area (Å²) in [6, 6.07) is 5.89. The van der Waals surface area contributed by atoms with E-state index >= 15 is 0 Å². The van der Waals surface area contributed by atoms with Gasteiger partial charge in [0.2, 0.25) is 11.8 Å². The molecule has 3 atom stereocenters. The van der Waals surface area contributed by atoms with Gasteiger partial charge in [0, 0.05) is 6.54 Å². The highest BCUT2D eigenvalue weighted by atomic mass is 35.5. The zero-order valence-electron chi connectivity index (χ0n) is 20.7. The second kappa shape index (κ2) is 11.2. The number of primary amides is 1. The van der Waals surface area contributed by atoms with Crippen LogP contribution >= 0.6 is 12.4 Å². The maximum atomic E-state index is 14.8. The smallest absolute Gasteiger partial charge is 0.339 e. The molecule has 1 heterocycles. The van der Waals surface area contributed by atoms with Crippen LogP contribution in [0.2, 0.25) is 0 Å². The molecule has 0 aliphatic carbocycles. The SMILES string of the molecule is CN[C@@H](C)C(=O)N[C@H](C(=O)N1Cc2ccccc2[C@@]1(C(=O)O)c1cc(F)c(C(N)=O)c(F)c1)C(C)C.Cl. The van der Waals surface area contributed by atoms with Gasteiger partial charge >= 0.3 is 5.97 Å². The molecular weight excluding hydrogens is 510 g/mol. The number of nitrogens with zero attached hydrogens (tertiary/aromatic N) is 1. The van der Waals surface area contributed by atoms with Gasteiger partial charge in [-0.1, -0.05) is 38.1 Å². The molecule has 5 N–H and O–H groups in total.